The number of hydrogen-bond donors (Lipinski definition) is 2. The standard InChI is InChI=1S/C11H19N3O2S/c1-2-9-5-3-4-6-10(9)14-17(15,16)11-7-12-8-13-11/h7-10,14H,2-6H2,1H3,(H,12,13). The molecule has 0 saturated heterocycles. The molecule has 5 nitrogen and oxygen atoms in total. The molecule has 1 saturated carbocycles. The van der Waals surface area contributed by atoms with Crippen LogP contribution in [0.4, 0.5) is 0 Å². The van der Waals surface area contributed by atoms with E-state index in [1.54, 1.807) is 0 Å². The van der Waals surface area contributed by atoms with Crippen LogP contribution in [0.5, 0.6) is 0 Å². The molecule has 1 heterocycles. The van der Waals surface area contributed by atoms with Crippen molar-refractivity contribution in [1.29, 1.82) is 0 Å². The number of H-pyrrole nitrogens is 1. The van der Waals surface area contributed by atoms with E-state index in [9.17, 15) is 8.42 Å². The second-order valence-electron chi connectivity index (χ2n) is 4.60. The third-order valence-corrected chi connectivity index (χ3v) is 4.92. The van der Waals surface area contributed by atoms with Gasteiger partial charge >= 0.3 is 0 Å². The van der Waals surface area contributed by atoms with Gasteiger partial charge in [0.05, 0.1) is 12.5 Å². The van der Waals surface area contributed by atoms with Gasteiger partial charge in [-0.25, -0.2) is 18.1 Å². The van der Waals surface area contributed by atoms with Crippen molar-refractivity contribution >= 4 is 10.0 Å². The maximum Gasteiger partial charge on any atom is 0.257 e. The van der Waals surface area contributed by atoms with Gasteiger partial charge in [0.2, 0.25) is 0 Å². The van der Waals surface area contributed by atoms with Crippen LogP contribution in [0.15, 0.2) is 17.6 Å². The predicted molar refractivity (Wildman–Crippen MR) is 64.9 cm³/mol. The lowest BCUT2D eigenvalue weighted by atomic mass is 9.83. The third kappa shape index (κ3) is 2.87. The van der Waals surface area contributed by atoms with Crippen LogP contribution in [0.3, 0.4) is 0 Å². The number of hydrogen-bond acceptors (Lipinski definition) is 3. The fourth-order valence-corrected chi connectivity index (χ4v) is 3.75. The van der Waals surface area contributed by atoms with Crippen molar-refractivity contribution in [1.82, 2.24) is 14.7 Å². The van der Waals surface area contributed by atoms with Crippen molar-refractivity contribution in [2.75, 3.05) is 0 Å². The second-order valence-corrected chi connectivity index (χ2v) is 6.28. The van der Waals surface area contributed by atoms with Crippen molar-refractivity contribution in [2.24, 2.45) is 5.92 Å². The first-order valence-corrected chi connectivity index (χ1v) is 7.62. The summed E-state index contributed by atoms with van der Waals surface area (Å²) >= 11 is 0. The highest BCUT2D eigenvalue weighted by atomic mass is 32.2. The SMILES string of the molecule is CCC1CCCCC1NS(=O)(=O)c1cnc[nH]1. The summed E-state index contributed by atoms with van der Waals surface area (Å²) in [7, 11) is -3.43. The summed E-state index contributed by atoms with van der Waals surface area (Å²) in [4.78, 5) is 6.38. The lowest BCUT2D eigenvalue weighted by Crippen LogP contribution is -2.41. The molecule has 2 rings (SSSR count). The minimum atomic E-state index is -3.43. The average molecular weight is 257 g/mol. The molecule has 0 aliphatic heterocycles. The van der Waals surface area contributed by atoms with E-state index in [0.717, 1.165) is 25.7 Å². The van der Waals surface area contributed by atoms with Crippen molar-refractivity contribution in [3.05, 3.63) is 12.5 Å². The highest BCUT2D eigenvalue weighted by Crippen LogP contribution is 2.27. The van der Waals surface area contributed by atoms with E-state index in [2.05, 4.69) is 21.6 Å². The fraction of sp³-hybridized carbons (Fsp3) is 0.727. The summed E-state index contributed by atoms with van der Waals surface area (Å²) in [6.07, 6.45) is 8.11. The highest BCUT2D eigenvalue weighted by molar-refractivity contribution is 7.89. The summed E-state index contributed by atoms with van der Waals surface area (Å²) in [5.41, 5.74) is 0. The Labute approximate surface area is 102 Å². The van der Waals surface area contributed by atoms with E-state index >= 15 is 0 Å². The van der Waals surface area contributed by atoms with E-state index in [0.29, 0.717) is 5.92 Å². The van der Waals surface area contributed by atoms with Crippen LogP contribution in [0.2, 0.25) is 0 Å². The summed E-state index contributed by atoms with van der Waals surface area (Å²) in [6, 6.07) is 0.0713. The zero-order valence-electron chi connectivity index (χ0n) is 10.0. The Morgan fingerprint density at radius 1 is 1.47 bits per heavy atom. The Morgan fingerprint density at radius 2 is 2.24 bits per heavy atom. The smallest absolute Gasteiger partial charge is 0.257 e. The predicted octanol–water partition coefficient (Wildman–Crippen LogP) is 1.66. The van der Waals surface area contributed by atoms with E-state index in [-0.39, 0.29) is 11.1 Å². The molecule has 1 aliphatic rings. The first-order valence-electron chi connectivity index (χ1n) is 6.14. The quantitative estimate of drug-likeness (QED) is 0.861. The number of nitrogens with zero attached hydrogens (tertiary/aromatic N) is 1. The topological polar surface area (TPSA) is 74.8 Å². The minimum Gasteiger partial charge on any atom is -0.335 e. The number of aromatic nitrogens is 2. The van der Waals surface area contributed by atoms with Crippen LogP contribution in [0.25, 0.3) is 0 Å². The molecule has 1 aromatic heterocycles. The highest BCUT2D eigenvalue weighted by Gasteiger charge is 2.28. The van der Waals surface area contributed by atoms with Crippen LogP contribution in [-0.2, 0) is 10.0 Å². The molecule has 1 aliphatic carbocycles. The van der Waals surface area contributed by atoms with Crippen molar-refractivity contribution in [3.63, 3.8) is 0 Å². The van der Waals surface area contributed by atoms with Crippen LogP contribution in [0.1, 0.15) is 39.0 Å². The van der Waals surface area contributed by atoms with Gasteiger partial charge in [0, 0.05) is 6.04 Å². The Balaban J connectivity index is 2.09. The van der Waals surface area contributed by atoms with Gasteiger partial charge in [-0.05, 0) is 18.8 Å². The van der Waals surface area contributed by atoms with Gasteiger partial charge in [-0.15, -0.1) is 0 Å². The monoisotopic (exact) mass is 257 g/mol. The molecular weight excluding hydrogens is 238 g/mol. The van der Waals surface area contributed by atoms with Gasteiger partial charge < -0.3 is 4.98 Å². The summed E-state index contributed by atoms with van der Waals surface area (Å²) in [5, 5.41) is 0.151. The minimum absolute atomic E-state index is 0.0713. The third-order valence-electron chi connectivity index (χ3n) is 3.50. The molecule has 2 unspecified atom stereocenters. The number of nitrogens with one attached hydrogen (secondary N) is 2. The molecule has 0 aromatic carbocycles. The number of aromatic amines is 1. The number of rotatable bonds is 4. The van der Waals surface area contributed by atoms with Crippen molar-refractivity contribution in [2.45, 2.75) is 50.1 Å². The maximum atomic E-state index is 12.0. The summed E-state index contributed by atoms with van der Waals surface area (Å²) in [6.45, 7) is 2.12. The van der Waals surface area contributed by atoms with E-state index in [1.807, 2.05) is 0 Å². The molecule has 17 heavy (non-hydrogen) atoms. The molecule has 1 aromatic rings. The molecule has 2 N–H and O–H groups in total. The van der Waals surface area contributed by atoms with Crippen molar-refractivity contribution in [3.8, 4) is 0 Å². The second kappa shape index (κ2) is 5.18. The first-order chi connectivity index (χ1) is 8.13. The normalized spacial score (nSPS) is 25.9. The molecule has 0 bridgehead atoms. The van der Waals surface area contributed by atoms with Crippen LogP contribution in [0, 0.1) is 5.92 Å². The molecular formula is C11H19N3O2S. The van der Waals surface area contributed by atoms with Crippen LogP contribution < -0.4 is 4.72 Å². The van der Waals surface area contributed by atoms with Gasteiger partial charge in [0.25, 0.3) is 10.0 Å². The zero-order valence-corrected chi connectivity index (χ0v) is 10.8. The lowest BCUT2D eigenvalue weighted by molar-refractivity contribution is 0.282. The molecule has 0 radical (unpaired) electrons. The van der Waals surface area contributed by atoms with Crippen LogP contribution >= 0.6 is 0 Å². The van der Waals surface area contributed by atoms with Gasteiger partial charge in [-0.2, -0.15) is 0 Å². The number of imidazole rings is 1. The van der Waals surface area contributed by atoms with Gasteiger partial charge in [0.1, 0.15) is 0 Å². The van der Waals surface area contributed by atoms with E-state index in [4.69, 9.17) is 0 Å². The van der Waals surface area contributed by atoms with Gasteiger partial charge in [-0.3, -0.25) is 0 Å². The largest absolute Gasteiger partial charge is 0.335 e. The molecule has 96 valence electrons. The van der Waals surface area contributed by atoms with Crippen molar-refractivity contribution < 1.29 is 8.42 Å². The summed E-state index contributed by atoms with van der Waals surface area (Å²) in [5.74, 6) is 0.460. The van der Waals surface area contributed by atoms with Gasteiger partial charge in [-0.1, -0.05) is 26.2 Å². The van der Waals surface area contributed by atoms with E-state index in [1.165, 1.54) is 18.9 Å². The first kappa shape index (κ1) is 12.6. The number of sulfonamides is 1. The Hall–Kier alpha value is -0.880. The van der Waals surface area contributed by atoms with Gasteiger partial charge in [0.15, 0.2) is 5.03 Å². The fourth-order valence-electron chi connectivity index (χ4n) is 2.50. The molecule has 2 atom stereocenters. The molecule has 0 spiro atoms. The molecule has 6 heteroatoms. The Morgan fingerprint density at radius 3 is 2.88 bits per heavy atom. The maximum absolute atomic E-state index is 12.0. The Kier molecular flexibility index (Phi) is 3.83. The molecule has 0 amide bonds. The Bertz CT molecular complexity index is 441. The molecule has 1 fully saturated rings. The van der Waals surface area contributed by atoms with E-state index < -0.39 is 10.0 Å². The van der Waals surface area contributed by atoms with Crippen LogP contribution in [-0.4, -0.2) is 24.4 Å². The zero-order chi connectivity index (χ0) is 12.3. The average Bonchev–Trinajstić information content (AvgIpc) is 2.83. The lowest BCUT2D eigenvalue weighted by Gasteiger charge is -2.30. The summed E-state index contributed by atoms with van der Waals surface area (Å²) < 4.78 is 26.9.